The number of carbonyl (C=O) groups excluding carboxylic acids is 2. The summed E-state index contributed by atoms with van der Waals surface area (Å²) in [6, 6.07) is 0. The SMILES string of the molecule is CC(C)(C)OC(N)=O.O=C1CCCCC1. The van der Waals surface area contributed by atoms with Gasteiger partial charge in [0.05, 0.1) is 0 Å². The van der Waals surface area contributed by atoms with E-state index >= 15 is 0 Å². The van der Waals surface area contributed by atoms with Crippen molar-refractivity contribution in [3.63, 3.8) is 0 Å². The van der Waals surface area contributed by atoms with Gasteiger partial charge >= 0.3 is 6.09 Å². The zero-order valence-electron chi connectivity index (χ0n) is 9.84. The molecule has 1 rings (SSSR count). The molecule has 88 valence electrons. The number of hydrogen-bond acceptors (Lipinski definition) is 3. The van der Waals surface area contributed by atoms with E-state index in [9.17, 15) is 9.59 Å². The van der Waals surface area contributed by atoms with E-state index in [1.165, 1.54) is 6.42 Å². The maximum absolute atomic E-state index is 10.5. The second-order valence-electron chi connectivity index (χ2n) is 4.63. The van der Waals surface area contributed by atoms with Crippen LogP contribution in [-0.2, 0) is 9.53 Å². The minimum atomic E-state index is -0.725. The molecular weight excluding hydrogens is 194 g/mol. The molecule has 0 radical (unpaired) electrons. The molecule has 1 fully saturated rings. The average molecular weight is 215 g/mol. The van der Waals surface area contributed by atoms with Crippen LogP contribution in [0, 0.1) is 0 Å². The number of rotatable bonds is 0. The molecule has 0 aromatic carbocycles. The van der Waals surface area contributed by atoms with E-state index < -0.39 is 11.7 Å². The van der Waals surface area contributed by atoms with Crippen LogP contribution in [0.3, 0.4) is 0 Å². The molecule has 1 saturated carbocycles. The van der Waals surface area contributed by atoms with E-state index in [1.54, 1.807) is 20.8 Å². The van der Waals surface area contributed by atoms with Gasteiger partial charge in [-0.1, -0.05) is 6.42 Å². The fourth-order valence-electron chi connectivity index (χ4n) is 1.25. The first-order chi connectivity index (χ1) is 6.81. The zero-order chi connectivity index (χ0) is 11.9. The zero-order valence-corrected chi connectivity index (χ0v) is 9.84. The maximum atomic E-state index is 10.5. The molecule has 0 heterocycles. The van der Waals surface area contributed by atoms with Gasteiger partial charge in [0.15, 0.2) is 0 Å². The van der Waals surface area contributed by atoms with Crippen LogP contribution in [0.15, 0.2) is 0 Å². The van der Waals surface area contributed by atoms with Crippen molar-refractivity contribution >= 4 is 11.9 Å². The van der Waals surface area contributed by atoms with Gasteiger partial charge in [-0.25, -0.2) is 4.79 Å². The third kappa shape index (κ3) is 10.9. The van der Waals surface area contributed by atoms with Gasteiger partial charge in [-0.05, 0) is 33.6 Å². The lowest BCUT2D eigenvalue weighted by Crippen LogP contribution is -2.27. The molecule has 0 saturated heterocycles. The predicted octanol–water partition coefficient (Wildman–Crippen LogP) is 2.40. The quantitative estimate of drug-likeness (QED) is 0.674. The topological polar surface area (TPSA) is 69.4 Å². The normalized spacial score (nSPS) is 16.3. The van der Waals surface area contributed by atoms with E-state index in [0.717, 1.165) is 25.7 Å². The Morgan fingerprint density at radius 3 is 1.80 bits per heavy atom. The van der Waals surface area contributed by atoms with Crippen LogP contribution in [0.5, 0.6) is 0 Å². The van der Waals surface area contributed by atoms with Crippen LogP contribution in [0.4, 0.5) is 4.79 Å². The summed E-state index contributed by atoms with van der Waals surface area (Å²) in [5.74, 6) is 0.464. The lowest BCUT2D eigenvalue weighted by molar-refractivity contribution is -0.120. The van der Waals surface area contributed by atoms with E-state index in [1.807, 2.05) is 0 Å². The van der Waals surface area contributed by atoms with Crippen molar-refractivity contribution in [2.45, 2.75) is 58.5 Å². The number of amides is 1. The summed E-state index contributed by atoms with van der Waals surface area (Å²) in [4.78, 5) is 20.5. The molecular formula is C11H21NO3. The van der Waals surface area contributed by atoms with Gasteiger partial charge in [-0.3, -0.25) is 4.79 Å². The highest BCUT2D eigenvalue weighted by Crippen LogP contribution is 2.12. The molecule has 0 aromatic heterocycles. The first kappa shape index (κ1) is 13.9. The van der Waals surface area contributed by atoms with Crippen LogP contribution < -0.4 is 5.73 Å². The lowest BCUT2D eigenvalue weighted by Gasteiger charge is -2.16. The average Bonchev–Trinajstić information content (AvgIpc) is 2.01. The van der Waals surface area contributed by atoms with Gasteiger partial charge in [0.2, 0.25) is 0 Å². The monoisotopic (exact) mass is 215 g/mol. The Hall–Kier alpha value is -1.06. The summed E-state index contributed by atoms with van der Waals surface area (Å²) >= 11 is 0. The molecule has 0 unspecified atom stereocenters. The van der Waals surface area contributed by atoms with Crippen LogP contribution >= 0.6 is 0 Å². The predicted molar refractivity (Wildman–Crippen MR) is 58.5 cm³/mol. The van der Waals surface area contributed by atoms with Crippen molar-refractivity contribution in [1.29, 1.82) is 0 Å². The number of Topliss-reactive ketones (excluding diaryl/α,β-unsaturated/α-hetero) is 1. The summed E-state index contributed by atoms with van der Waals surface area (Å²) in [5, 5.41) is 0. The van der Waals surface area contributed by atoms with Gasteiger partial charge in [-0.2, -0.15) is 0 Å². The standard InChI is InChI=1S/C6H10O.C5H11NO2/c7-6-4-2-1-3-5-6;1-5(2,3)8-4(6)7/h1-5H2;1-3H3,(H2,6,7). The van der Waals surface area contributed by atoms with E-state index in [-0.39, 0.29) is 0 Å². The van der Waals surface area contributed by atoms with Crippen LogP contribution in [-0.4, -0.2) is 17.5 Å². The van der Waals surface area contributed by atoms with Crippen LogP contribution in [0.2, 0.25) is 0 Å². The Bertz CT molecular complexity index is 210. The van der Waals surface area contributed by atoms with Gasteiger partial charge < -0.3 is 10.5 Å². The summed E-state index contributed by atoms with van der Waals surface area (Å²) in [6.45, 7) is 5.28. The van der Waals surface area contributed by atoms with E-state index in [0.29, 0.717) is 5.78 Å². The number of hydrogen-bond donors (Lipinski definition) is 1. The smallest absolute Gasteiger partial charge is 0.405 e. The van der Waals surface area contributed by atoms with Crippen LogP contribution in [0.25, 0.3) is 0 Å². The fourth-order valence-corrected chi connectivity index (χ4v) is 1.25. The number of carbonyl (C=O) groups is 2. The van der Waals surface area contributed by atoms with Crippen molar-refractivity contribution in [1.82, 2.24) is 0 Å². The first-order valence-electron chi connectivity index (χ1n) is 5.31. The molecule has 1 aliphatic carbocycles. The van der Waals surface area contributed by atoms with E-state index in [4.69, 9.17) is 5.73 Å². The van der Waals surface area contributed by atoms with Crippen molar-refractivity contribution in [3.05, 3.63) is 0 Å². The van der Waals surface area contributed by atoms with Crippen molar-refractivity contribution < 1.29 is 14.3 Å². The highest BCUT2D eigenvalue weighted by atomic mass is 16.6. The minimum Gasteiger partial charge on any atom is -0.444 e. The molecule has 0 aromatic rings. The third-order valence-electron chi connectivity index (χ3n) is 1.82. The number of ether oxygens (including phenoxy) is 1. The summed E-state index contributed by atoms with van der Waals surface area (Å²) < 4.78 is 4.58. The molecule has 4 heteroatoms. The second-order valence-corrected chi connectivity index (χ2v) is 4.63. The number of nitrogens with two attached hydrogens (primary N) is 1. The van der Waals surface area contributed by atoms with Gasteiger partial charge in [-0.15, -0.1) is 0 Å². The van der Waals surface area contributed by atoms with Crippen molar-refractivity contribution in [2.75, 3.05) is 0 Å². The van der Waals surface area contributed by atoms with Gasteiger partial charge in [0, 0.05) is 12.8 Å². The Morgan fingerprint density at radius 2 is 1.67 bits per heavy atom. The Morgan fingerprint density at radius 1 is 1.20 bits per heavy atom. The highest BCUT2D eigenvalue weighted by Gasteiger charge is 2.12. The molecule has 1 aliphatic rings. The summed E-state index contributed by atoms with van der Waals surface area (Å²) in [7, 11) is 0. The molecule has 0 spiro atoms. The van der Waals surface area contributed by atoms with Crippen molar-refractivity contribution in [3.8, 4) is 0 Å². The molecule has 0 bridgehead atoms. The maximum Gasteiger partial charge on any atom is 0.405 e. The Labute approximate surface area is 91.2 Å². The minimum absolute atomic E-state index is 0.453. The molecule has 1 amide bonds. The Kier molecular flexibility index (Phi) is 5.97. The Balaban J connectivity index is 0.000000262. The number of primary amides is 1. The van der Waals surface area contributed by atoms with Gasteiger partial charge in [0.1, 0.15) is 11.4 Å². The fraction of sp³-hybridized carbons (Fsp3) is 0.818. The number of ketones is 1. The molecule has 2 N–H and O–H groups in total. The summed E-state index contributed by atoms with van der Waals surface area (Å²) in [5.41, 5.74) is 4.26. The third-order valence-corrected chi connectivity index (χ3v) is 1.82. The first-order valence-corrected chi connectivity index (χ1v) is 5.31. The van der Waals surface area contributed by atoms with E-state index in [2.05, 4.69) is 4.74 Å². The molecule has 0 atom stereocenters. The van der Waals surface area contributed by atoms with Gasteiger partial charge in [0.25, 0.3) is 0 Å². The molecule has 4 nitrogen and oxygen atoms in total. The molecule has 15 heavy (non-hydrogen) atoms. The second kappa shape index (κ2) is 6.43. The van der Waals surface area contributed by atoms with Crippen LogP contribution in [0.1, 0.15) is 52.9 Å². The highest BCUT2D eigenvalue weighted by molar-refractivity contribution is 5.78. The van der Waals surface area contributed by atoms with Crippen molar-refractivity contribution in [2.24, 2.45) is 5.73 Å². The largest absolute Gasteiger partial charge is 0.444 e. The lowest BCUT2D eigenvalue weighted by atomic mass is 10.00. The summed E-state index contributed by atoms with van der Waals surface area (Å²) in [6.07, 6.45) is 4.51. The molecule has 0 aliphatic heterocycles.